The normalized spacial score (nSPS) is 12.6. The quantitative estimate of drug-likeness (QED) is 0.453. The van der Waals surface area contributed by atoms with Gasteiger partial charge in [0.15, 0.2) is 11.6 Å². The van der Waals surface area contributed by atoms with Gasteiger partial charge >= 0.3 is 0 Å². The molecule has 3 rings (SSSR count). The molecule has 0 spiro atoms. The summed E-state index contributed by atoms with van der Waals surface area (Å²) in [5.74, 6) is -0.317. The molecule has 0 aliphatic heterocycles. The van der Waals surface area contributed by atoms with E-state index >= 15 is 0 Å². The van der Waals surface area contributed by atoms with Crippen LogP contribution in [0.25, 0.3) is 21.1 Å². The van der Waals surface area contributed by atoms with E-state index in [0.717, 1.165) is 17.4 Å². The van der Waals surface area contributed by atoms with Gasteiger partial charge in [-0.25, -0.2) is 9.37 Å². The molecule has 0 radical (unpaired) electrons. The number of rotatable bonds is 8. The van der Waals surface area contributed by atoms with Crippen molar-refractivity contribution in [2.24, 2.45) is 5.73 Å². The maximum absolute atomic E-state index is 14.7. The lowest BCUT2D eigenvalue weighted by molar-refractivity contribution is 0.129. The highest BCUT2D eigenvalue weighted by atomic mass is 32.1. The standard InChI is InChI=1S/C22H22FN7O2S/c1-11(2)27-20-6-13(4-15(9-25)28-20)21-29-30-22(33-21)16-7-17(23)19(5-14(16)8-24)32-10-18(26)12(3)31/h4-7,11-12,18,31H,10,26H2,1-3H3,(H,27,28)/t12-,18+/m1/s1. The second kappa shape index (κ2) is 10.3. The number of nitriles is 2. The largest absolute Gasteiger partial charge is 0.489 e. The summed E-state index contributed by atoms with van der Waals surface area (Å²) in [6, 6.07) is 9.22. The average molecular weight is 468 g/mol. The Morgan fingerprint density at radius 2 is 1.88 bits per heavy atom. The van der Waals surface area contributed by atoms with Gasteiger partial charge in [-0.2, -0.15) is 10.5 Å². The van der Waals surface area contributed by atoms with Gasteiger partial charge in [-0.05, 0) is 39.0 Å². The van der Waals surface area contributed by atoms with Crippen LogP contribution in [0.1, 0.15) is 32.0 Å². The lowest BCUT2D eigenvalue weighted by Crippen LogP contribution is -2.38. The van der Waals surface area contributed by atoms with Crippen molar-refractivity contribution in [3.05, 3.63) is 41.3 Å². The average Bonchev–Trinajstić information content (AvgIpc) is 3.27. The highest BCUT2D eigenvalue weighted by molar-refractivity contribution is 7.18. The number of aliphatic hydroxyl groups is 1. The third-order valence-corrected chi connectivity index (χ3v) is 5.53. The zero-order valence-electron chi connectivity index (χ0n) is 18.2. The third-order valence-electron chi connectivity index (χ3n) is 4.52. The minimum absolute atomic E-state index is 0.112. The molecule has 3 aromatic rings. The van der Waals surface area contributed by atoms with Crippen molar-refractivity contribution in [3.8, 4) is 39.0 Å². The Bertz CT molecular complexity index is 1230. The SMILES string of the molecule is CC(C)Nc1cc(-c2nnc(-c3cc(F)c(OC[C@H](N)[C@@H](C)O)cc3C#N)s2)cc(C#N)n1. The van der Waals surface area contributed by atoms with Gasteiger partial charge in [0.25, 0.3) is 0 Å². The molecule has 2 aromatic heterocycles. The first kappa shape index (κ1) is 24.0. The molecular weight excluding hydrogens is 445 g/mol. The lowest BCUT2D eigenvalue weighted by atomic mass is 10.1. The summed E-state index contributed by atoms with van der Waals surface area (Å²) in [4.78, 5) is 4.22. The van der Waals surface area contributed by atoms with E-state index in [1.54, 1.807) is 12.1 Å². The number of hydrogen-bond donors (Lipinski definition) is 3. The second-order valence-corrected chi connectivity index (χ2v) is 8.58. The Kier molecular flexibility index (Phi) is 7.51. The van der Waals surface area contributed by atoms with Crippen LogP contribution in [0, 0.1) is 28.5 Å². The van der Waals surface area contributed by atoms with Crippen LogP contribution in [-0.4, -0.2) is 45.1 Å². The van der Waals surface area contributed by atoms with E-state index in [0.29, 0.717) is 21.4 Å². The van der Waals surface area contributed by atoms with Crippen LogP contribution < -0.4 is 15.8 Å². The number of aromatic nitrogens is 3. The van der Waals surface area contributed by atoms with E-state index in [1.807, 2.05) is 26.0 Å². The highest BCUT2D eigenvalue weighted by Gasteiger charge is 2.19. The molecule has 4 N–H and O–H groups in total. The Hall–Kier alpha value is -3.64. The Morgan fingerprint density at radius 3 is 2.52 bits per heavy atom. The minimum Gasteiger partial charge on any atom is -0.489 e. The molecule has 11 heteroatoms. The molecule has 170 valence electrons. The molecule has 2 heterocycles. The first-order valence-corrected chi connectivity index (χ1v) is 10.9. The van der Waals surface area contributed by atoms with Gasteiger partial charge in [0.05, 0.1) is 17.7 Å². The molecule has 0 saturated carbocycles. The van der Waals surface area contributed by atoms with Crippen LogP contribution in [0.15, 0.2) is 24.3 Å². The number of anilines is 1. The van der Waals surface area contributed by atoms with E-state index in [-0.39, 0.29) is 35.2 Å². The molecule has 0 unspecified atom stereocenters. The lowest BCUT2D eigenvalue weighted by Gasteiger charge is -2.16. The van der Waals surface area contributed by atoms with Gasteiger partial charge in [-0.1, -0.05) is 11.3 Å². The van der Waals surface area contributed by atoms with Crippen molar-refractivity contribution in [2.45, 2.75) is 39.0 Å². The summed E-state index contributed by atoms with van der Waals surface area (Å²) < 4.78 is 20.0. The van der Waals surface area contributed by atoms with Gasteiger partial charge in [0.1, 0.15) is 40.3 Å². The number of pyridine rings is 1. The van der Waals surface area contributed by atoms with E-state index in [2.05, 4.69) is 20.5 Å². The molecular formula is C22H22FN7O2S. The van der Waals surface area contributed by atoms with Gasteiger partial charge in [-0.3, -0.25) is 0 Å². The first-order chi connectivity index (χ1) is 15.7. The predicted octanol–water partition coefficient (Wildman–Crippen LogP) is 3.06. The van der Waals surface area contributed by atoms with Crippen LogP contribution in [0.2, 0.25) is 0 Å². The Morgan fingerprint density at radius 1 is 1.15 bits per heavy atom. The van der Waals surface area contributed by atoms with Crippen molar-refractivity contribution in [1.29, 1.82) is 10.5 Å². The van der Waals surface area contributed by atoms with E-state index in [4.69, 9.17) is 10.5 Å². The summed E-state index contributed by atoms with van der Waals surface area (Å²) in [5.41, 5.74) is 6.97. The molecule has 0 amide bonds. The summed E-state index contributed by atoms with van der Waals surface area (Å²) in [6.07, 6.45) is -0.825. The summed E-state index contributed by atoms with van der Waals surface area (Å²) >= 11 is 1.15. The van der Waals surface area contributed by atoms with Crippen LogP contribution >= 0.6 is 11.3 Å². The number of nitrogens with one attached hydrogen (secondary N) is 1. The molecule has 2 atom stereocenters. The topological polar surface area (TPSA) is 154 Å². The number of nitrogens with two attached hydrogens (primary N) is 1. The van der Waals surface area contributed by atoms with Crippen molar-refractivity contribution in [2.75, 3.05) is 11.9 Å². The van der Waals surface area contributed by atoms with E-state index in [9.17, 15) is 20.0 Å². The molecule has 33 heavy (non-hydrogen) atoms. The molecule has 9 nitrogen and oxygen atoms in total. The molecule has 1 aromatic carbocycles. The fourth-order valence-electron chi connectivity index (χ4n) is 2.79. The van der Waals surface area contributed by atoms with Crippen LogP contribution in [0.5, 0.6) is 5.75 Å². The molecule has 0 aliphatic carbocycles. The van der Waals surface area contributed by atoms with Crippen LogP contribution in [0.4, 0.5) is 10.2 Å². The number of halogens is 1. The molecule has 0 aliphatic rings. The summed E-state index contributed by atoms with van der Waals surface area (Å²) in [7, 11) is 0. The zero-order valence-corrected chi connectivity index (χ0v) is 19.0. The fraction of sp³-hybridized carbons (Fsp3) is 0.318. The minimum atomic E-state index is -0.825. The van der Waals surface area contributed by atoms with Gasteiger partial charge in [0.2, 0.25) is 0 Å². The number of nitrogens with zero attached hydrogens (tertiary/aromatic N) is 5. The second-order valence-electron chi connectivity index (χ2n) is 7.60. The van der Waals surface area contributed by atoms with Crippen molar-refractivity contribution in [3.63, 3.8) is 0 Å². The summed E-state index contributed by atoms with van der Waals surface area (Å²) in [6.45, 7) is 5.29. The van der Waals surface area contributed by atoms with Gasteiger partial charge < -0.3 is 20.9 Å². The van der Waals surface area contributed by atoms with E-state index < -0.39 is 18.0 Å². The zero-order chi connectivity index (χ0) is 24.1. The number of aliphatic hydroxyl groups excluding tert-OH is 1. The fourth-order valence-corrected chi connectivity index (χ4v) is 3.65. The number of benzene rings is 1. The highest BCUT2D eigenvalue weighted by Crippen LogP contribution is 2.35. The maximum Gasteiger partial charge on any atom is 0.165 e. The molecule has 0 saturated heterocycles. The Balaban J connectivity index is 1.94. The molecule has 0 fully saturated rings. The Labute approximate surface area is 194 Å². The summed E-state index contributed by atoms with van der Waals surface area (Å²) in [5, 5.41) is 40.6. The predicted molar refractivity (Wildman–Crippen MR) is 122 cm³/mol. The maximum atomic E-state index is 14.7. The van der Waals surface area contributed by atoms with Crippen molar-refractivity contribution >= 4 is 17.2 Å². The van der Waals surface area contributed by atoms with Crippen LogP contribution in [-0.2, 0) is 0 Å². The number of hydrogen-bond acceptors (Lipinski definition) is 10. The van der Waals surface area contributed by atoms with Gasteiger partial charge in [0, 0.05) is 23.2 Å². The monoisotopic (exact) mass is 467 g/mol. The first-order valence-electron chi connectivity index (χ1n) is 10.0. The number of ether oxygens (including phenoxy) is 1. The third kappa shape index (κ3) is 5.79. The van der Waals surface area contributed by atoms with Gasteiger partial charge in [-0.15, -0.1) is 10.2 Å². The van der Waals surface area contributed by atoms with E-state index in [1.165, 1.54) is 13.0 Å². The van der Waals surface area contributed by atoms with Crippen LogP contribution in [0.3, 0.4) is 0 Å². The van der Waals surface area contributed by atoms with Crippen molar-refractivity contribution < 1.29 is 14.2 Å². The molecule has 0 bridgehead atoms. The smallest absolute Gasteiger partial charge is 0.165 e. The van der Waals surface area contributed by atoms with Crippen molar-refractivity contribution in [1.82, 2.24) is 15.2 Å².